The Morgan fingerprint density at radius 3 is 2.36 bits per heavy atom. The van der Waals surface area contributed by atoms with Gasteiger partial charge in [-0.05, 0) is 84.7 Å². The number of hydrogen-bond acceptors (Lipinski definition) is 5. The summed E-state index contributed by atoms with van der Waals surface area (Å²) in [7, 11) is 0. The summed E-state index contributed by atoms with van der Waals surface area (Å²) >= 11 is 0. The highest BCUT2D eigenvalue weighted by molar-refractivity contribution is 5.94. The van der Waals surface area contributed by atoms with Crippen molar-refractivity contribution in [3.63, 3.8) is 0 Å². The molecular formula is C41H30F8N4O3. The van der Waals surface area contributed by atoms with E-state index in [9.17, 15) is 41.0 Å². The van der Waals surface area contributed by atoms with E-state index in [-0.39, 0.29) is 40.9 Å². The van der Waals surface area contributed by atoms with Gasteiger partial charge in [0.1, 0.15) is 41.0 Å². The molecule has 1 unspecified atom stereocenters. The Kier molecular flexibility index (Phi) is 9.60. The number of pyridine rings is 1. The van der Waals surface area contributed by atoms with E-state index in [1.54, 1.807) is 30.3 Å². The molecule has 0 radical (unpaired) electrons. The quantitative estimate of drug-likeness (QED) is 0.111. The number of hydrogen-bond donors (Lipinski definition) is 2. The lowest BCUT2D eigenvalue weighted by Gasteiger charge is -2.21. The molecule has 288 valence electrons. The largest absolute Gasteiger partial charge is 0.435 e. The number of primary amides is 1. The van der Waals surface area contributed by atoms with Crippen molar-refractivity contribution in [3.8, 4) is 23.0 Å². The lowest BCUT2D eigenvalue weighted by Crippen LogP contribution is -2.24. The van der Waals surface area contributed by atoms with Crippen LogP contribution in [0, 0.1) is 35.2 Å². The first kappa shape index (κ1) is 38.4. The lowest BCUT2D eigenvalue weighted by atomic mass is 9.86. The van der Waals surface area contributed by atoms with Crippen LogP contribution < -0.4 is 5.73 Å². The van der Waals surface area contributed by atoms with Crippen LogP contribution in [0.5, 0.6) is 0 Å². The lowest BCUT2D eigenvalue weighted by molar-refractivity contribution is -0.142. The molecule has 0 bridgehead atoms. The number of aromatic nitrogens is 3. The molecule has 0 spiro atoms. The van der Waals surface area contributed by atoms with E-state index in [1.807, 2.05) is 0 Å². The van der Waals surface area contributed by atoms with E-state index in [0.29, 0.717) is 16.3 Å². The minimum absolute atomic E-state index is 0.00412. The zero-order valence-corrected chi connectivity index (χ0v) is 29.3. The average Bonchev–Trinajstić information content (AvgIpc) is 3.78. The number of alkyl halides is 5. The van der Waals surface area contributed by atoms with E-state index in [2.05, 4.69) is 21.9 Å². The molecule has 1 fully saturated rings. The number of ketones is 1. The summed E-state index contributed by atoms with van der Waals surface area (Å²) in [5, 5.41) is 14.6. The summed E-state index contributed by atoms with van der Waals surface area (Å²) in [4.78, 5) is 30.6. The van der Waals surface area contributed by atoms with Gasteiger partial charge in [-0.3, -0.25) is 14.3 Å². The smallest absolute Gasteiger partial charge is 0.374 e. The van der Waals surface area contributed by atoms with E-state index in [0.717, 1.165) is 24.3 Å². The molecule has 4 atom stereocenters. The number of nitrogens with two attached hydrogens (primary N) is 1. The molecule has 7 rings (SSSR count). The van der Waals surface area contributed by atoms with E-state index < -0.39 is 100 Å². The Labute approximate surface area is 314 Å². The van der Waals surface area contributed by atoms with Gasteiger partial charge in [-0.25, -0.2) is 18.2 Å². The molecule has 15 heteroatoms. The summed E-state index contributed by atoms with van der Waals surface area (Å²) in [6.07, 6.45) is -6.17. The topological polar surface area (TPSA) is 111 Å². The number of aliphatic hydroxyl groups is 1. The fourth-order valence-corrected chi connectivity index (χ4v) is 7.38. The Bertz CT molecular complexity index is 2430. The highest BCUT2D eigenvalue weighted by Crippen LogP contribution is 2.68. The van der Waals surface area contributed by atoms with Gasteiger partial charge in [0.25, 0.3) is 11.8 Å². The molecule has 56 heavy (non-hydrogen) atoms. The molecule has 3 N–H and O–H groups in total. The molecule has 5 aromatic rings. The highest BCUT2D eigenvalue weighted by Gasteiger charge is 2.68. The van der Waals surface area contributed by atoms with Crippen LogP contribution in [-0.2, 0) is 35.5 Å². The monoisotopic (exact) mass is 778 g/mol. The van der Waals surface area contributed by atoms with Crippen molar-refractivity contribution in [1.29, 1.82) is 0 Å². The Hall–Kier alpha value is -5.88. The van der Waals surface area contributed by atoms with Gasteiger partial charge in [0, 0.05) is 35.4 Å². The standard InChI is InChI=1S/C41H30F8N4O3/c1-39(56,24-5-3-2-4-6-24)12-11-27-8-9-29(22-7-10-33(44)31(17-22)38(50)55)35(51-27)23(13-21-14-25(42)18-26(43)15-21)16-28(54)20-53-37-34(36(52-53)41(47,48)49)30-19-32(30)40(37,45)46/h2-10,14-15,17-18,23,30,32,56H,13,16,19-20H2,1H3,(H2,50,55)/t23-,30+,32-,39?/m1/s1. The summed E-state index contributed by atoms with van der Waals surface area (Å²) in [5.41, 5.74) is 0.981. The van der Waals surface area contributed by atoms with E-state index in [1.165, 1.54) is 25.1 Å². The summed E-state index contributed by atoms with van der Waals surface area (Å²) in [5.74, 6) is -6.57. The van der Waals surface area contributed by atoms with Crippen molar-refractivity contribution in [2.75, 3.05) is 0 Å². The number of Topliss-reactive ketones (excluding diaryl/α,β-unsaturated/α-hetero) is 1. The highest BCUT2D eigenvalue weighted by atomic mass is 19.4. The number of benzene rings is 3. The van der Waals surface area contributed by atoms with Crippen LogP contribution in [0.3, 0.4) is 0 Å². The number of halogens is 8. The first-order chi connectivity index (χ1) is 26.3. The molecule has 2 aliphatic carbocycles. The van der Waals surface area contributed by atoms with Crippen molar-refractivity contribution in [3.05, 3.63) is 141 Å². The van der Waals surface area contributed by atoms with Crippen LogP contribution in [-0.4, -0.2) is 31.6 Å². The first-order valence-corrected chi connectivity index (χ1v) is 17.3. The second kappa shape index (κ2) is 14.0. The van der Waals surface area contributed by atoms with Gasteiger partial charge in [-0.1, -0.05) is 42.3 Å². The zero-order chi connectivity index (χ0) is 40.3. The van der Waals surface area contributed by atoms with Crippen LogP contribution in [0.15, 0.2) is 78.9 Å². The van der Waals surface area contributed by atoms with Crippen molar-refractivity contribution in [2.24, 2.45) is 11.7 Å². The molecule has 7 nitrogen and oxygen atoms in total. The second-order valence-electron chi connectivity index (χ2n) is 14.1. The third kappa shape index (κ3) is 7.40. The maximum absolute atomic E-state index is 15.3. The molecule has 0 saturated heterocycles. The molecule has 2 aliphatic rings. The number of carbonyl (C=O) groups excluding carboxylic acids is 2. The van der Waals surface area contributed by atoms with Crippen LogP contribution in [0.1, 0.15) is 81.4 Å². The molecule has 3 aromatic carbocycles. The zero-order valence-electron chi connectivity index (χ0n) is 29.3. The van der Waals surface area contributed by atoms with Gasteiger partial charge in [-0.2, -0.15) is 27.1 Å². The predicted molar refractivity (Wildman–Crippen MR) is 185 cm³/mol. The van der Waals surface area contributed by atoms with Crippen molar-refractivity contribution in [1.82, 2.24) is 14.8 Å². The number of carbonyl (C=O) groups is 2. The van der Waals surface area contributed by atoms with E-state index in [4.69, 9.17) is 5.73 Å². The number of nitrogens with zero attached hydrogens (tertiary/aromatic N) is 3. The van der Waals surface area contributed by atoms with Crippen LogP contribution >= 0.6 is 0 Å². The maximum Gasteiger partial charge on any atom is 0.435 e. The fourth-order valence-electron chi connectivity index (χ4n) is 7.38. The molecule has 2 aromatic heterocycles. The molecule has 2 heterocycles. The predicted octanol–water partition coefficient (Wildman–Crippen LogP) is 7.93. The van der Waals surface area contributed by atoms with Crippen molar-refractivity contribution in [2.45, 2.75) is 62.3 Å². The molecule has 1 amide bonds. The van der Waals surface area contributed by atoms with Gasteiger partial charge in [0.2, 0.25) is 0 Å². The number of rotatable bonds is 10. The van der Waals surface area contributed by atoms with Gasteiger partial charge in [0.05, 0.1) is 11.3 Å². The Balaban J connectivity index is 1.34. The van der Waals surface area contributed by atoms with Gasteiger partial charge in [-0.15, -0.1) is 0 Å². The van der Waals surface area contributed by atoms with Gasteiger partial charge >= 0.3 is 6.18 Å². The van der Waals surface area contributed by atoms with Crippen LogP contribution in [0.2, 0.25) is 0 Å². The molecule has 0 aliphatic heterocycles. The maximum atomic E-state index is 15.3. The van der Waals surface area contributed by atoms with Crippen molar-refractivity contribution < 1.29 is 49.8 Å². The number of amides is 1. The second-order valence-corrected chi connectivity index (χ2v) is 14.1. The summed E-state index contributed by atoms with van der Waals surface area (Å²) in [6.45, 7) is 0.441. The first-order valence-electron chi connectivity index (χ1n) is 17.3. The minimum atomic E-state index is -5.07. The fraction of sp³-hybridized carbons (Fsp3) is 0.268. The Morgan fingerprint density at radius 1 is 1.00 bits per heavy atom. The third-order valence-electron chi connectivity index (χ3n) is 10.0. The molecular weight excluding hydrogens is 748 g/mol. The van der Waals surface area contributed by atoms with Crippen LogP contribution in [0.25, 0.3) is 11.1 Å². The number of fused-ring (bicyclic) bond motifs is 3. The molecule has 1 saturated carbocycles. The van der Waals surface area contributed by atoms with Gasteiger partial charge < -0.3 is 10.8 Å². The van der Waals surface area contributed by atoms with Crippen LogP contribution in [0.4, 0.5) is 35.1 Å². The SMILES string of the molecule is CC(O)(C#Cc1ccc(-c2ccc(F)c(C(N)=O)c2)c([C@@H](CC(=O)Cn2nc(C(F)(F)F)c3c2C(F)(F)[C@@H]2C[C@H]32)Cc2cc(F)cc(F)c2)n1)c1ccccc1. The summed E-state index contributed by atoms with van der Waals surface area (Å²) in [6, 6.07) is 17.3. The summed E-state index contributed by atoms with van der Waals surface area (Å²) < 4.78 is 117. The minimum Gasteiger partial charge on any atom is -0.374 e. The van der Waals surface area contributed by atoms with Crippen molar-refractivity contribution >= 4 is 11.7 Å². The third-order valence-corrected chi connectivity index (χ3v) is 10.0. The van der Waals surface area contributed by atoms with E-state index >= 15 is 8.78 Å². The van der Waals surface area contributed by atoms with Gasteiger partial charge in [0.15, 0.2) is 11.5 Å². The normalized spacial score (nSPS) is 18.2. The average molecular weight is 779 g/mol. The Morgan fingerprint density at radius 2 is 1.70 bits per heavy atom.